The molecule has 0 saturated carbocycles. The molecule has 8 nitrogen and oxygen atoms in total. The van der Waals surface area contributed by atoms with Crippen molar-refractivity contribution in [3.05, 3.63) is 58.9 Å². The van der Waals surface area contributed by atoms with Crippen LogP contribution in [0.15, 0.2) is 47.0 Å². The minimum absolute atomic E-state index is 0.275. The van der Waals surface area contributed by atoms with Gasteiger partial charge in [-0.15, -0.1) is 10.2 Å². The Kier molecular flexibility index (Phi) is 3.73. The normalized spacial score (nSPS) is 19.4. The van der Waals surface area contributed by atoms with E-state index in [1.165, 1.54) is 5.56 Å². The standard InChI is InChI=1S/C23H22ClN7O/c1-28-9-15-8-16(24)6-7-18(15)31-20(10-28)25-26-22(31)30-13-23(14-30)11-29(12-23)21-17-4-2-3-5-19(17)32-27-21/h2-8H,9-14H2,1H3. The fraction of sp³-hybridized carbons (Fsp3) is 0.348. The van der Waals surface area contributed by atoms with Gasteiger partial charge in [-0.2, -0.15) is 0 Å². The molecule has 0 amide bonds. The van der Waals surface area contributed by atoms with Gasteiger partial charge in [0.1, 0.15) is 0 Å². The predicted molar refractivity (Wildman–Crippen MR) is 122 cm³/mol. The maximum absolute atomic E-state index is 6.29. The molecule has 162 valence electrons. The van der Waals surface area contributed by atoms with Gasteiger partial charge in [0.15, 0.2) is 17.2 Å². The highest BCUT2D eigenvalue weighted by Crippen LogP contribution is 2.45. The average Bonchev–Trinajstić information content (AvgIpc) is 3.28. The van der Waals surface area contributed by atoms with Crippen LogP contribution < -0.4 is 9.80 Å². The summed E-state index contributed by atoms with van der Waals surface area (Å²) in [5.41, 5.74) is 3.44. The predicted octanol–water partition coefficient (Wildman–Crippen LogP) is 3.33. The Morgan fingerprint density at radius 3 is 2.66 bits per heavy atom. The van der Waals surface area contributed by atoms with Gasteiger partial charge in [-0.3, -0.25) is 9.47 Å². The van der Waals surface area contributed by atoms with Crippen molar-refractivity contribution in [2.45, 2.75) is 13.1 Å². The highest BCUT2D eigenvalue weighted by Gasteiger charge is 2.54. The fourth-order valence-electron chi connectivity index (χ4n) is 5.47. The van der Waals surface area contributed by atoms with Gasteiger partial charge in [-0.05, 0) is 42.9 Å². The summed E-state index contributed by atoms with van der Waals surface area (Å²) in [6.07, 6.45) is 0. The van der Waals surface area contributed by atoms with Crippen LogP contribution in [0, 0.1) is 5.41 Å². The first kappa shape index (κ1) is 18.5. The van der Waals surface area contributed by atoms with Gasteiger partial charge in [0.2, 0.25) is 5.95 Å². The summed E-state index contributed by atoms with van der Waals surface area (Å²) >= 11 is 6.29. The number of anilines is 2. The molecule has 32 heavy (non-hydrogen) atoms. The van der Waals surface area contributed by atoms with Crippen LogP contribution in [0.25, 0.3) is 16.7 Å². The summed E-state index contributed by atoms with van der Waals surface area (Å²) in [6.45, 7) is 5.49. The Hall–Kier alpha value is -3.10. The largest absolute Gasteiger partial charge is 0.354 e. The van der Waals surface area contributed by atoms with Crippen molar-refractivity contribution in [3.8, 4) is 5.69 Å². The zero-order valence-corrected chi connectivity index (χ0v) is 18.5. The molecule has 0 atom stereocenters. The van der Waals surface area contributed by atoms with Gasteiger partial charge in [0.25, 0.3) is 0 Å². The Morgan fingerprint density at radius 1 is 0.969 bits per heavy atom. The number of rotatable bonds is 2. The molecule has 1 spiro atoms. The Morgan fingerprint density at radius 2 is 1.78 bits per heavy atom. The number of aromatic nitrogens is 4. The molecule has 0 N–H and O–H groups in total. The molecule has 3 aliphatic heterocycles. The van der Waals surface area contributed by atoms with Crippen LogP contribution in [-0.2, 0) is 13.1 Å². The van der Waals surface area contributed by atoms with E-state index < -0.39 is 0 Å². The third-order valence-corrected chi connectivity index (χ3v) is 7.13. The minimum atomic E-state index is 0.275. The summed E-state index contributed by atoms with van der Waals surface area (Å²) in [5.74, 6) is 2.85. The maximum Gasteiger partial charge on any atom is 0.231 e. The van der Waals surface area contributed by atoms with Crippen molar-refractivity contribution in [1.82, 2.24) is 24.8 Å². The van der Waals surface area contributed by atoms with E-state index in [0.717, 1.165) is 78.5 Å². The molecule has 3 aliphatic rings. The van der Waals surface area contributed by atoms with E-state index in [1.807, 2.05) is 24.3 Å². The van der Waals surface area contributed by atoms with E-state index in [9.17, 15) is 0 Å². The van der Waals surface area contributed by atoms with E-state index in [0.29, 0.717) is 0 Å². The molecule has 9 heteroatoms. The van der Waals surface area contributed by atoms with Crippen molar-refractivity contribution in [3.63, 3.8) is 0 Å². The van der Waals surface area contributed by atoms with Gasteiger partial charge < -0.3 is 14.3 Å². The lowest BCUT2D eigenvalue weighted by Gasteiger charge is -2.60. The van der Waals surface area contributed by atoms with Gasteiger partial charge in [-0.25, -0.2) is 0 Å². The first-order chi connectivity index (χ1) is 15.6. The SMILES string of the molecule is CN1Cc2cc(Cl)ccc2-n2c(nnc2N2CC3(CN(c4noc5ccccc45)C3)C2)C1. The number of para-hydroxylation sites is 1. The number of hydrogen-bond acceptors (Lipinski definition) is 7. The average molecular weight is 448 g/mol. The quantitative estimate of drug-likeness (QED) is 0.467. The number of halogens is 1. The molecule has 0 unspecified atom stereocenters. The molecule has 0 radical (unpaired) electrons. The van der Waals surface area contributed by atoms with Crippen molar-refractivity contribution in [2.75, 3.05) is 43.0 Å². The van der Waals surface area contributed by atoms with Crippen LogP contribution in [-0.4, -0.2) is 58.0 Å². The lowest BCUT2D eigenvalue weighted by atomic mass is 9.73. The molecule has 2 aromatic heterocycles. The van der Waals surface area contributed by atoms with Crippen molar-refractivity contribution in [2.24, 2.45) is 5.41 Å². The number of nitrogens with zero attached hydrogens (tertiary/aromatic N) is 7. The summed E-state index contributed by atoms with van der Waals surface area (Å²) in [4.78, 5) is 6.91. The van der Waals surface area contributed by atoms with Gasteiger partial charge in [0, 0.05) is 43.2 Å². The molecular formula is C23H22ClN7O. The number of fused-ring (bicyclic) bond motifs is 4. The molecule has 0 bridgehead atoms. The van der Waals surface area contributed by atoms with E-state index >= 15 is 0 Å². The third-order valence-electron chi connectivity index (χ3n) is 6.89. The van der Waals surface area contributed by atoms with Crippen molar-refractivity contribution >= 4 is 34.3 Å². The number of benzene rings is 2. The second kappa shape index (κ2) is 6.46. The van der Waals surface area contributed by atoms with Crippen LogP contribution in [0.3, 0.4) is 0 Å². The van der Waals surface area contributed by atoms with Crippen LogP contribution in [0.1, 0.15) is 11.4 Å². The Balaban J connectivity index is 1.14. The van der Waals surface area contributed by atoms with Crippen LogP contribution in [0.4, 0.5) is 11.8 Å². The molecule has 2 aromatic carbocycles. The van der Waals surface area contributed by atoms with Crippen LogP contribution >= 0.6 is 11.6 Å². The van der Waals surface area contributed by atoms with E-state index in [2.05, 4.69) is 59.9 Å². The Bertz CT molecular complexity index is 1350. The summed E-state index contributed by atoms with van der Waals surface area (Å²) < 4.78 is 7.70. The maximum atomic E-state index is 6.29. The molecule has 0 aliphatic carbocycles. The highest BCUT2D eigenvalue weighted by molar-refractivity contribution is 6.30. The molecule has 5 heterocycles. The molecule has 2 fully saturated rings. The van der Waals surface area contributed by atoms with E-state index in [4.69, 9.17) is 16.1 Å². The zero-order chi connectivity index (χ0) is 21.4. The topological polar surface area (TPSA) is 66.5 Å². The first-order valence-corrected chi connectivity index (χ1v) is 11.2. The lowest BCUT2D eigenvalue weighted by molar-refractivity contribution is 0.152. The van der Waals surface area contributed by atoms with Crippen LogP contribution in [0.5, 0.6) is 0 Å². The fourth-order valence-corrected chi connectivity index (χ4v) is 5.66. The summed E-state index contributed by atoms with van der Waals surface area (Å²) in [6, 6.07) is 14.1. The summed E-state index contributed by atoms with van der Waals surface area (Å²) in [5, 5.41) is 15.3. The smallest absolute Gasteiger partial charge is 0.231 e. The third kappa shape index (κ3) is 2.63. The molecule has 4 aromatic rings. The van der Waals surface area contributed by atoms with Crippen molar-refractivity contribution < 1.29 is 4.52 Å². The number of hydrogen-bond donors (Lipinski definition) is 0. The van der Waals surface area contributed by atoms with Gasteiger partial charge in [0.05, 0.1) is 17.6 Å². The monoisotopic (exact) mass is 447 g/mol. The second-order valence-electron chi connectivity index (χ2n) is 9.41. The zero-order valence-electron chi connectivity index (χ0n) is 17.7. The lowest BCUT2D eigenvalue weighted by Crippen LogP contribution is -2.73. The highest BCUT2D eigenvalue weighted by atomic mass is 35.5. The minimum Gasteiger partial charge on any atom is -0.354 e. The van der Waals surface area contributed by atoms with Gasteiger partial charge in [-0.1, -0.05) is 28.9 Å². The Labute approximate surface area is 190 Å². The molecule has 7 rings (SSSR count). The molecular weight excluding hydrogens is 426 g/mol. The van der Waals surface area contributed by atoms with E-state index in [1.54, 1.807) is 0 Å². The van der Waals surface area contributed by atoms with Gasteiger partial charge >= 0.3 is 0 Å². The molecule has 2 saturated heterocycles. The summed E-state index contributed by atoms with van der Waals surface area (Å²) in [7, 11) is 2.10. The second-order valence-corrected chi connectivity index (χ2v) is 9.85. The van der Waals surface area contributed by atoms with E-state index in [-0.39, 0.29) is 5.41 Å². The first-order valence-electron chi connectivity index (χ1n) is 10.8. The van der Waals surface area contributed by atoms with Crippen LogP contribution in [0.2, 0.25) is 5.02 Å². The van der Waals surface area contributed by atoms with Crippen molar-refractivity contribution in [1.29, 1.82) is 0 Å².